The van der Waals surface area contributed by atoms with Crippen LogP contribution in [0.2, 0.25) is 0 Å². The first kappa shape index (κ1) is 21.7. The molecule has 0 saturated carbocycles. The van der Waals surface area contributed by atoms with Gasteiger partial charge in [0.1, 0.15) is 6.04 Å². The Morgan fingerprint density at radius 2 is 1.63 bits per heavy atom. The van der Waals surface area contributed by atoms with E-state index >= 15 is 0 Å². The number of thiol groups is 1. The van der Waals surface area contributed by atoms with E-state index in [0.29, 0.717) is 6.42 Å². The summed E-state index contributed by atoms with van der Waals surface area (Å²) in [5, 5.41) is 0. The molecule has 0 fully saturated rings. The Morgan fingerprint density at radius 1 is 1.11 bits per heavy atom. The van der Waals surface area contributed by atoms with E-state index < -0.39 is 18.0 Å². The normalized spacial score (nSPS) is 11.5. The fraction of sp³-hybridized carbons (Fsp3) is 0.846. The fourth-order valence-corrected chi connectivity index (χ4v) is 1.69. The van der Waals surface area contributed by atoms with Crippen LogP contribution < -0.4 is 5.73 Å². The molecule has 0 rings (SSSR count). The summed E-state index contributed by atoms with van der Waals surface area (Å²) in [5.74, 6) is -0.979. The van der Waals surface area contributed by atoms with Crippen molar-refractivity contribution < 1.29 is 14.3 Å². The molecule has 0 radical (unpaired) electrons. The van der Waals surface area contributed by atoms with Crippen LogP contribution in [0.25, 0.3) is 0 Å². The maximum absolute atomic E-state index is 11.3. The number of rotatable bonds is 10. The minimum atomic E-state index is -0.814. The SMILES string of the molecule is CCCCCCCCCC(=O)OC(=O)[C@@H](N)CS.[NaH]. The summed E-state index contributed by atoms with van der Waals surface area (Å²) in [5.41, 5.74) is 5.38. The molecule has 0 unspecified atom stereocenters. The molecule has 0 aliphatic heterocycles. The second-order valence-corrected chi connectivity index (χ2v) is 4.82. The Balaban J connectivity index is 0. The van der Waals surface area contributed by atoms with E-state index in [-0.39, 0.29) is 35.3 Å². The van der Waals surface area contributed by atoms with Gasteiger partial charge in [0.2, 0.25) is 0 Å². The first-order valence-corrected chi connectivity index (χ1v) is 7.36. The average molecular weight is 299 g/mol. The molecular formula is C13H26NNaO3S. The van der Waals surface area contributed by atoms with Gasteiger partial charge in [0, 0.05) is 12.2 Å². The first-order chi connectivity index (χ1) is 8.61. The van der Waals surface area contributed by atoms with Gasteiger partial charge in [0.05, 0.1) is 0 Å². The average Bonchev–Trinajstić information content (AvgIpc) is 2.36. The molecule has 2 N–H and O–H groups in total. The fourth-order valence-electron chi connectivity index (χ4n) is 1.54. The number of hydrogen-bond donors (Lipinski definition) is 2. The Labute approximate surface area is 143 Å². The minimum absolute atomic E-state index is 0. The molecule has 0 aliphatic carbocycles. The predicted octanol–water partition coefficient (Wildman–Crippen LogP) is 1.81. The van der Waals surface area contributed by atoms with Gasteiger partial charge in [-0.25, -0.2) is 4.79 Å². The number of hydrogen-bond acceptors (Lipinski definition) is 5. The predicted molar refractivity (Wildman–Crippen MR) is 82.7 cm³/mol. The van der Waals surface area contributed by atoms with Gasteiger partial charge in [0.25, 0.3) is 0 Å². The summed E-state index contributed by atoms with van der Waals surface area (Å²) in [6.45, 7) is 2.18. The van der Waals surface area contributed by atoms with E-state index in [1.54, 1.807) is 0 Å². The third kappa shape index (κ3) is 13.2. The monoisotopic (exact) mass is 299 g/mol. The maximum atomic E-state index is 11.3. The van der Waals surface area contributed by atoms with Crippen LogP contribution in [0.4, 0.5) is 0 Å². The van der Waals surface area contributed by atoms with Gasteiger partial charge in [-0.05, 0) is 6.42 Å². The van der Waals surface area contributed by atoms with E-state index in [2.05, 4.69) is 24.3 Å². The van der Waals surface area contributed by atoms with Crippen molar-refractivity contribution in [3.05, 3.63) is 0 Å². The summed E-state index contributed by atoms with van der Waals surface area (Å²) in [6, 6.07) is -0.814. The van der Waals surface area contributed by atoms with Gasteiger partial charge >= 0.3 is 41.5 Å². The van der Waals surface area contributed by atoms with E-state index in [1.165, 1.54) is 25.7 Å². The van der Waals surface area contributed by atoms with E-state index in [9.17, 15) is 9.59 Å². The Hall–Kier alpha value is 0.450. The molecule has 0 bridgehead atoms. The number of esters is 2. The van der Waals surface area contributed by atoms with Crippen molar-refractivity contribution in [3.63, 3.8) is 0 Å². The summed E-state index contributed by atoms with van der Waals surface area (Å²) in [6.07, 6.45) is 8.19. The second-order valence-electron chi connectivity index (χ2n) is 4.45. The van der Waals surface area contributed by atoms with Gasteiger partial charge < -0.3 is 10.5 Å². The topological polar surface area (TPSA) is 69.4 Å². The van der Waals surface area contributed by atoms with Crippen LogP contribution in [-0.4, -0.2) is 53.3 Å². The van der Waals surface area contributed by atoms with Crippen LogP contribution in [-0.2, 0) is 14.3 Å². The molecular weight excluding hydrogens is 273 g/mol. The number of ether oxygens (including phenoxy) is 1. The quantitative estimate of drug-likeness (QED) is 0.212. The van der Waals surface area contributed by atoms with Gasteiger partial charge in [-0.15, -0.1) is 0 Å². The molecule has 0 aromatic heterocycles. The van der Waals surface area contributed by atoms with Gasteiger partial charge in [-0.2, -0.15) is 12.6 Å². The Bertz CT molecular complexity index is 252. The molecule has 4 nitrogen and oxygen atoms in total. The molecule has 0 amide bonds. The van der Waals surface area contributed by atoms with Crippen molar-refractivity contribution in [1.82, 2.24) is 0 Å². The molecule has 6 heteroatoms. The van der Waals surface area contributed by atoms with Crippen molar-refractivity contribution in [3.8, 4) is 0 Å². The molecule has 0 aromatic rings. The van der Waals surface area contributed by atoms with E-state index in [4.69, 9.17) is 5.73 Å². The number of carbonyl (C=O) groups is 2. The van der Waals surface area contributed by atoms with E-state index in [1.807, 2.05) is 0 Å². The molecule has 1 atom stereocenters. The van der Waals surface area contributed by atoms with E-state index in [0.717, 1.165) is 19.3 Å². The molecule has 0 aliphatic rings. The van der Waals surface area contributed by atoms with Gasteiger partial charge in [0.15, 0.2) is 0 Å². The van der Waals surface area contributed by atoms with Crippen LogP contribution in [0.1, 0.15) is 58.3 Å². The first-order valence-electron chi connectivity index (χ1n) is 6.72. The van der Waals surface area contributed by atoms with Crippen molar-refractivity contribution in [1.29, 1.82) is 0 Å². The Kier molecular flexibility index (Phi) is 17.0. The molecule has 0 spiro atoms. The summed E-state index contributed by atoms with van der Waals surface area (Å²) >= 11 is 3.87. The third-order valence-electron chi connectivity index (χ3n) is 2.70. The number of nitrogens with two attached hydrogens (primary N) is 1. The zero-order chi connectivity index (χ0) is 13.8. The second kappa shape index (κ2) is 14.9. The third-order valence-corrected chi connectivity index (χ3v) is 3.09. The zero-order valence-electron chi connectivity index (χ0n) is 11.2. The van der Waals surface area contributed by atoms with Crippen molar-refractivity contribution in [2.75, 3.05) is 5.75 Å². The molecule has 0 heterocycles. The number of unbranched alkanes of at least 4 members (excludes halogenated alkanes) is 6. The molecule has 0 aromatic carbocycles. The van der Waals surface area contributed by atoms with Crippen LogP contribution in [0, 0.1) is 0 Å². The van der Waals surface area contributed by atoms with Crippen LogP contribution in [0.15, 0.2) is 0 Å². The van der Waals surface area contributed by atoms with Crippen LogP contribution >= 0.6 is 12.6 Å². The van der Waals surface area contributed by atoms with Crippen LogP contribution in [0.5, 0.6) is 0 Å². The molecule has 108 valence electrons. The summed E-state index contributed by atoms with van der Waals surface area (Å²) in [7, 11) is 0. The Morgan fingerprint density at radius 3 is 2.16 bits per heavy atom. The molecule has 0 saturated heterocycles. The van der Waals surface area contributed by atoms with Gasteiger partial charge in [-0.3, -0.25) is 4.79 Å². The summed E-state index contributed by atoms with van der Waals surface area (Å²) < 4.78 is 4.60. The molecule has 19 heavy (non-hydrogen) atoms. The zero-order valence-corrected chi connectivity index (χ0v) is 12.1. The van der Waals surface area contributed by atoms with Gasteiger partial charge in [-0.1, -0.05) is 45.4 Å². The van der Waals surface area contributed by atoms with Crippen LogP contribution in [0.3, 0.4) is 0 Å². The number of carbonyl (C=O) groups excluding carboxylic acids is 2. The summed E-state index contributed by atoms with van der Waals surface area (Å²) in [4.78, 5) is 22.5. The van der Waals surface area contributed by atoms with Crippen molar-refractivity contribution in [2.45, 2.75) is 64.3 Å². The standard InChI is InChI=1S/C13H25NO3S.Na.H/c1-2-3-4-5-6-7-8-9-12(15)17-13(16)11(14)10-18;;/h11,18H,2-10,14H2,1H3;;/t11-;;/m0../s1. The van der Waals surface area contributed by atoms with Crippen molar-refractivity contribution >= 4 is 54.1 Å². The van der Waals surface area contributed by atoms with Crippen molar-refractivity contribution in [2.24, 2.45) is 5.73 Å².